The summed E-state index contributed by atoms with van der Waals surface area (Å²) in [5, 5.41) is 4.45. The number of ether oxygens (including phenoxy) is 1. The molecule has 0 aliphatic carbocycles. The standard InChI is InChI=1S/C13H13ClN2O/c14-7-11-6-12-9-17-13(8-16(12)15-11)10-4-2-1-3-5-10/h1-6,13H,7-9H2. The maximum absolute atomic E-state index is 5.84. The Labute approximate surface area is 105 Å². The number of alkyl halides is 1. The van der Waals surface area contributed by atoms with Gasteiger partial charge in [0.25, 0.3) is 0 Å². The molecule has 0 saturated heterocycles. The SMILES string of the molecule is ClCc1cc2n(n1)CC(c1ccccc1)OC2. The molecule has 1 unspecified atom stereocenters. The first-order valence-electron chi connectivity index (χ1n) is 5.65. The summed E-state index contributed by atoms with van der Waals surface area (Å²) < 4.78 is 7.84. The molecule has 1 aliphatic heterocycles. The van der Waals surface area contributed by atoms with Crippen LogP contribution in [0.5, 0.6) is 0 Å². The number of hydrogen-bond donors (Lipinski definition) is 0. The number of hydrogen-bond acceptors (Lipinski definition) is 2. The number of aromatic nitrogens is 2. The molecule has 17 heavy (non-hydrogen) atoms. The van der Waals surface area contributed by atoms with E-state index in [1.165, 1.54) is 5.56 Å². The quantitative estimate of drug-likeness (QED) is 0.764. The molecule has 4 heteroatoms. The van der Waals surface area contributed by atoms with Gasteiger partial charge in [-0.25, -0.2) is 0 Å². The van der Waals surface area contributed by atoms with Crippen LogP contribution < -0.4 is 0 Å². The summed E-state index contributed by atoms with van der Waals surface area (Å²) in [6.45, 7) is 1.36. The van der Waals surface area contributed by atoms with Crippen LogP contribution in [0.2, 0.25) is 0 Å². The van der Waals surface area contributed by atoms with Gasteiger partial charge in [-0.05, 0) is 11.6 Å². The molecular formula is C13H13ClN2O. The van der Waals surface area contributed by atoms with Gasteiger partial charge in [-0.1, -0.05) is 30.3 Å². The molecule has 0 N–H and O–H groups in total. The number of fused-ring (bicyclic) bond motifs is 1. The lowest BCUT2D eigenvalue weighted by Crippen LogP contribution is -2.21. The van der Waals surface area contributed by atoms with Crippen LogP contribution in [-0.2, 0) is 23.8 Å². The first-order valence-corrected chi connectivity index (χ1v) is 6.18. The van der Waals surface area contributed by atoms with Crippen LogP contribution in [0, 0.1) is 0 Å². The summed E-state index contributed by atoms with van der Waals surface area (Å²) in [4.78, 5) is 0. The molecular weight excluding hydrogens is 236 g/mol. The molecule has 1 aliphatic rings. The molecule has 2 aromatic rings. The molecule has 0 fully saturated rings. The third-order valence-electron chi connectivity index (χ3n) is 2.99. The van der Waals surface area contributed by atoms with Crippen molar-refractivity contribution in [1.82, 2.24) is 9.78 Å². The maximum atomic E-state index is 5.84. The Morgan fingerprint density at radius 1 is 1.35 bits per heavy atom. The third-order valence-corrected chi connectivity index (χ3v) is 3.27. The summed E-state index contributed by atoms with van der Waals surface area (Å²) in [5.41, 5.74) is 3.22. The van der Waals surface area contributed by atoms with Crippen molar-refractivity contribution < 1.29 is 4.74 Å². The van der Waals surface area contributed by atoms with Crippen molar-refractivity contribution in [2.75, 3.05) is 0 Å². The minimum atomic E-state index is 0.0896. The van der Waals surface area contributed by atoms with Gasteiger partial charge in [-0.15, -0.1) is 11.6 Å². The van der Waals surface area contributed by atoms with Gasteiger partial charge in [0, 0.05) is 0 Å². The van der Waals surface area contributed by atoms with Crippen molar-refractivity contribution in [2.45, 2.75) is 25.1 Å². The molecule has 0 amide bonds. The number of benzene rings is 1. The van der Waals surface area contributed by atoms with Crippen LogP contribution in [0.25, 0.3) is 0 Å². The van der Waals surface area contributed by atoms with Gasteiger partial charge in [-0.3, -0.25) is 4.68 Å². The van der Waals surface area contributed by atoms with E-state index in [-0.39, 0.29) is 6.10 Å². The second-order valence-electron chi connectivity index (χ2n) is 4.15. The lowest BCUT2D eigenvalue weighted by atomic mass is 10.1. The van der Waals surface area contributed by atoms with E-state index in [0.717, 1.165) is 17.9 Å². The van der Waals surface area contributed by atoms with E-state index >= 15 is 0 Å². The molecule has 3 nitrogen and oxygen atoms in total. The first-order chi connectivity index (χ1) is 8.36. The van der Waals surface area contributed by atoms with Crippen molar-refractivity contribution in [3.8, 4) is 0 Å². The summed E-state index contributed by atoms with van der Waals surface area (Å²) in [7, 11) is 0. The van der Waals surface area contributed by atoms with Crippen LogP contribution in [0.15, 0.2) is 36.4 Å². The van der Waals surface area contributed by atoms with E-state index in [2.05, 4.69) is 17.2 Å². The molecule has 2 heterocycles. The zero-order valence-corrected chi connectivity index (χ0v) is 10.1. The molecule has 0 saturated carbocycles. The first kappa shape index (κ1) is 10.8. The Kier molecular flexibility index (Phi) is 2.87. The lowest BCUT2D eigenvalue weighted by molar-refractivity contribution is -0.00118. The van der Waals surface area contributed by atoms with Gasteiger partial charge in [0.1, 0.15) is 6.10 Å². The summed E-state index contributed by atoms with van der Waals surface area (Å²) in [5.74, 6) is 0.454. The predicted molar refractivity (Wildman–Crippen MR) is 65.8 cm³/mol. The molecule has 0 bridgehead atoms. The van der Waals surface area contributed by atoms with E-state index < -0.39 is 0 Å². The van der Waals surface area contributed by atoms with Crippen LogP contribution in [0.1, 0.15) is 23.1 Å². The highest BCUT2D eigenvalue weighted by molar-refractivity contribution is 6.16. The Bertz CT molecular complexity index is 509. The van der Waals surface area contributed by atoms with E-state index in [4.69, 9.17) is 16.3 Å². The second-order valence-corrected chi connectivity index (χ2v) is 4.42. The fraction of sp³-hybridized carbons (Fsp3) is 0.308. The highest BCUT2D eigenvalue weighted by Gasteiger charge is 2.21. The lowest BCUT2D eigenvalue weighted by Gasteiger charge is -2.24. The second kappa shape index (κ2) is 4.51. The topological polar surface area (TPSA) is 27.1 Å². The third kappa shape index (κ3) is 2.08. The predicted octanol–water partition coefficient (Wildman–Crippen LogP) is 2.89. The van der Waals surface area contributed by atoms with Crippen molar-refractivity contribution in [3.05, 3.63) is 53.3 Å². The van der Waals surface area contributed by atoms with Crippen LogP contribution >= 0.6 is 11.6 Å². The van der Waals surface area contributed by atoms with Crippen molar-refractivity contribution in [2.24, 2.45) is 0 Å². The normalized spacial score (nSPS) is 19.0. The summed E-state index contributed by atoms with van der Waals surface area (Å²) >= 11 is 5.78. The van der Waals surface area contributed by atoms with E-state index in [0.29, 0.717) is 12.5 Å². The fourth-order valence-corrected chi connectivity index (χ4v) is 2.25. The Balaban J connectivity index is 1.85. The van der Waals surface area contributed by atoms with Gasteiger partial charge < -0.3 is 4.74 Å². The van der Waals surface area contributed by atoms with Gasteiger partial charge in [0.2, 0.25) is 0 Å². The maximum Gasteiger partial charge on any atom is 0.103 e. The summed E-state index contributed by atoms with van der Waals surface area (Å²) in [6, 6.07) is 12.2. The van der Waals surface area contributed by atoms with Crippen LogP contribution in [0.3, 0.4) is 0 Å². The molecule has 1 aromatic heterocycles. The van der Waals surface area contributed by atoms with Crippen molar-refractivity contribution in [3.63, 3.8) is 0 Å². The highest BCUT2D eigenvalue weighted by Crippen LogP contribution is 2.26. The molecule has 1 atom stereocenters. The van der Waals surface area contributed by atoms with Crippen molar-refractivity contribution >= 4 is 11.6 Å². The molecule has 3 rings (SSSR count). The van der Waals surface area contributed by atoms with E-state index in [1.54, 1.807) is 0 Å². The van der Waals surface area contributed by atoms with Gasteiger partial charge in [0.15, 0.2) is 0 Å². The van der Waals surface area contributed by atoms with Gasteiger partial charge in [0.05, 0.1) is 30.4 Å². The molecule has 0 radical (unpaired) electrons. The van der Waals surface area contributed by atoms with Gasteiger partial charge in [-0.2, -0.15) is 5.10 Å². The van der Waals surface area contributed by atoms with Gasteiger partial charge >= 0.3 is 0 Å². The average Bonchev–Trinajstić information content (AvgIpc) is 2.81. The van der Waals surface area contributed by atoms with Crippen LogP contribution in [-0.4, -0.2) is 9.78 Å². The number of nitrogens with zero attached hydrogens (tertiary/aromatic N) is 2. The zero-order chi connectivity index (χ0) is 11.7. The average molecular weight is 249 g/mol. The molecule has 1 aromatic carbocycles. The zero-order valence-electron chi connectivity index (χ0n) is 9.34. The smallest absolute Gasteiger partial charge is 0.103 e. The minimum absolute atomic E-state index is 0.0896. The van der Waals surface area contributed by atoms with Crippen LogP contribution in [0.4, 0.5) is 0 Å². The molecule has 88 valence electrons. The number of halogens is 1. The van der Waals surface area contributed by atoms with E-state index in [1.807, 2.05) is 28.9 Å². The summed E-state index contributed by atoms with van der Waals surface area (Å²) in [6.07, 6.45) is 0.0896. The minimum Gasteiger partial charge on any atom is -0.365 e. The van der Waals surface area contributed by atoms with Crippen molar-refractivity contribution in [1.29, 1.82) is 0 Å². The Morgan fingerprint density at radius 3 is 2.94 bits per heavy atom. The van der Waals surface area contributed by atoms with E-state index in [9.17, 15) is 0 Å². The highest BCUT2D eigenvalue weighted by atomic mass is 35.5. The Hall–Kier alpha value is -1.32. The largest absolute Gasteiger partial charge is 0.365 e. The molecule has 0 spiro atoms. The monoisotopic (exact) mass is 248 g/mol. The fourth-order valence-electron chi connectivity index (χ4n) is 2.12. The number of rotatable bonds is 2. The Morgan fingerprint density at radius 2 is 2.18 bits per heavy atom.